The van der Waals surface area contributed by atoms with E-state index in [9.17, 15) is 9.90 Å². The van der Waals surface area contributed by atoms with Crippen molar-refractivity contribution in [1.82, 2.24) is 4.90 Å². The van der Waals surface area contributed by atoms with Crippen LogP contribution in [0.2, 0.25) is 5.02 Å². The first-order valence-electron chi connectivity index (χ1n) is 7.47. The second-order valence-corrected chi connectivity index (χ2v) is 6.10. The van der Waals surface area contributed by atoms with Crippen LogP contribution in [0.3, 0.4) is 0 Å². The van der Waals surface area contributed by atoms with Gasteiger partial charge >= 0.3 is 0 Å². The van der Waals surface area contributed by atoms with Crippen LogP contribution < -0.4 is 4.74 Å². The number of rotatable bonds is 5. The van der Waals surface area contributed by atoms with E-state index in [1.54, 1.807) is 23.1 Å². The van der Waals surface area contributed by atoms with Gasteiger partial charge in [0.1, 0.15) is 5.75 Å². The molecule has 1 unspecified atom stereocenters. The molecule has 1 saturated heterocycles. The summed E-state index contributed by atoms with van der Waals surface area (Å²) in [5, 5.41) is 19.2. The van der Waals surface area contributed by atoms with E-state index < -0.39 is 6.10 Å². The van der Waals surface area contributed by atoms with Crippen LogP contribution in [0.5, 0.6) is 5.75 Å². The monoisotopic (exact) mass is 327 g/mol. The molecular formula is C16H22ClNO4. The van der Waals surface area contributed by atoms with Crippen molar-refractivity contribution >= 4 is 17.5 Å². The summed E-state index contributed by atoms with van der Waals surface area (Å²) in [4.78, 5) is 13.9. The third-order valence-corrected chi connectivity index (χ3v) is 4.35. The number of piperidine rings is 1. The number of hydrogen-bond acceptors (Lipinski definition) is 4. The first-order chi connectivity index (χ1) is 10.5. The van der Waals surface area contributed by atoms with Crippen LogP contribution in [-0.2, 0) is 4.79 Å². The summed E-state index contributed by atoms with van der Waals surface area (Å²) in [6.07, 6.45) is 0.714. The molecule has 1 heterocycles. The smallest absolute Gasteiger partial charge is 0.260 e. The molecule has 5 nitrogen and oxygen atoms in total. The van der Waals surface area contributed by atoms with Gasteiger partial charge < -0.3 is 19.8 Å². The maximum atomic E-state index is 12.2. The van der Waals surface area contributed by atoms with E-state index in [2.05, 4.69) is 0 Å². The number of hydrogen-bond donors (Lipinski definition) is 2. The Hall–Kier alpha value is -1.30. The normalized spacial score (nSPS) is 17.4. The van der Waals surface area contributed by atoms with Crippen molar-refractivity contribution in [2.45, 2.75) is 25.9 Å². The number of likely N-dealkylation sites (tertiary alicyclic amines) is 1. The van der Waals surface area contributed by atoms with Crippen molar-refractivity contribution in [3.63, 3.8) is 0 Å². The van der Waals surface area contributed by atoms with Crippen molar-refractivity contribution in [2.24, 2.45) is 5.92 Å². The Morgan fingerprint density at radius 1 is 1.45 bits per heavy atom. The number of halogens is 1. The lowest BCUT2D eigenvalue weighted by molar-refractivity contribution is -0.135. The Morgan fingerprint density at radius 3 is 2.73 bits per heavy atom. The number of aliphatic hydroxyl groups excluding tert-OH is 2. The lowest BCUT2D eigenvalue weighted by Gasteiger charge is -2.33. The first kappa shape index (κ1) is 17.1. The summed E-state index contributed by atoms with van der Waals surface area (Å²) in [5.74, 6) is 0.656. The van der Waals surface area contributed by atoms with Gasteiger partial charge in [-0.15, -0.1) is 0 Å². The van der Waals surface area contributed by atoms with Gasteiger partial charge in [-0.1, -0.05) is 11.6 Å². The maximum absolute atomic E-state index is 12.2. The quantitative estimate of drug-likeness (QED) is 0.862. The van der Waals surface area contributed by atoms with Gasteiger partial charge in [-0.3, -0.25) is 4.79 Å². The van der Waals surface area contributed by atoms with E-state index in [1.165, 1.54) is 0 Å². The largest absolute Gasteiger partial charge is 0.483 e. The van der Waals surface area contributed by atoms with E-state index in [1.807, 2.05) is 6.92 Å². The van der Waals surface area contributed by atoms with E-state index in [4.69, 9.17) is 21.4 Å². The average molecular weight is 328 g/mol. The summed E-state index contributed by atoms with van der Waals surface area (Å²) in [6.45, 7) is 2.83. The van der Waals surface area contributed by atoms with Gasteiger partial charge in [0.05, 0.1) is 12.7 Å². The topological polar surface area (TPSA) is 70.0 Å². The number of nitrogens with zero attached hydrogens (tertiary/aromatic N) is 1. The van der Waals surface area contributed by atoms with E-state index in [0.717, 1.165) is 5.56 Å². The number of aryl methyl sites for hydroxylation is 1. The van der Waals surface area contributed by atoms with Crippen molar-refractivity contribution in [2.75, 3.05) is 26.3 Å². The van der Waals surface area contributed by atoms with Crippen LogP contribution in [-0.4, -0.2) is 53.4 Å². The molecule has 1 aliphatic rings. The molecule has 1 amide bonds. The molecule has 6 heteroatoms. The van der Waals surface area contributed by atoms with Crippen LogP contribution >= 0.6 is 11.6 Å². The molecule has 1 aromatic carbocycles. The zero-order chi connectivity index (χ0) is 16.1. The van der Waals surface area contributed by atoms with Gasteiger partial charge in [0.15, 0.2) is 6.61 Å². The molecule has 1 aromatic rings. The molecule has 0 spiro atoms. The third-order valence-electron chi connectivity index (χ3n) is 4.11. The summed E-state index contributed by atoms with van der Waals surface area (Å²) in [7, 11) is 0. The summed E-state index contributed by atoms with van der Waals surface area (Å²) in [6, 6.07) is 5.29. The standard InChI is InChI=1S/C16H22ClNO4/c1-11-8-13(17)2-3-15(11)22-10-16(21)18-6-4-12(5-7-18)14(20)9-19/h2-3,8,12,14,19-20H,4-7,9-10H2,1H3. The predicted molar refractivity (Wildman–Crippen MR) is 84.1 cm³/mol. The van der Waals surface area contributed by atoms with E-state index in [0.29, 0.717) is 36.7 Å². The van der Waals surface area contributed by atoms with Crippen molar-refractivity contribution in [3.05, 3.63) is 28.8 Å². The van der Waals surface area contributed by atoms with E-state index in [-0.39, 0.29) is 25.0 Å². The fraction of sp³-hybridized carbons (Fsp3) is 0.562. The molecule has 0 bridgehead atoms. The zero-order valence-corrected chi connectivity index (χ0v) is 13.4. The molecule has 1 aliphatic heterocycles. The molecule has 22 heavy (non-hydrogen) atoms. The Bertz CT molecular complexity index is 515. The lowest BCUT2D eigenvalue weighted by Crippen LogP contribution is -2.43. The minimum atomic E-state index is -0.690. The van der Waals surface area contributed by atoms with Crippen molar-refractivity contribution < 1.29 is 19.7 Å². The fourth-order valence-electron chi connectivity index (χ4n) is 2.69. The van der Waals surface area contributed by atoms with Gasteiger partial charge in [-0.25, -0.2) is 0 Å². The number of carbonyl (C=O) groups is 1. The second-order valence-electron chi connectivity index (χ2n) is 5.67. The average Bonchev–Trinajstić information content (AvgIpc) is 2.53. The molecule has 1 fully saturated rings. The second kappa shape index (κ2) is 7.81. The minimum absolute atomic E-state index is 0.00427. The Balaban J connectivity index is 1.81. The number of benzene rings is 1. The molecule has 1 atom stereocenters. The van der Waals surface area contributed by atoms with Crippen LogP contribution in [0.25, 0.3) is 0 Å². The molecule has 2 N–H and O–H groups in total. The van der Waals surface area contributed by atoms with Crippen LogP contribution in [0, 0.1) is 12.8 Å². The zero-order valence-electron chi connectivity index (χ0n) is 12.7. The predicted octanol–water partition coefficient (Wildman–Crippen LogP) is 1.62. The van der Waals surface area contributed by atoms with Crippen molar-refractivity contribution in [3.8, 4) is 5.75 Å². The molecule has 0 aromatic heterocycles. The maximum Gasteiger partial charge on any atom is 0.260 e. The SMILES string of the molecule is Cc1cc(Cl)ccc1OCC(=O)N1CCC(C(O)CO)CC1. The lowest BCUT2D eigenvalue weighted by atomic mass is 9.91. The highest BCUT2D eigenvalue weighted by Crippen LogP contribution is 2.23. The highest BCUT2D eigenvalue weighted by Gasteiger charge is 2.27. The van der Waals surface area contributed by atoms with Crippen LogP contribution in [0.4, 0.5) is 0 Å². The van der Waals surface area contributed by atoms with Gasteiger partial charge in [0.25, 0.3) is 5.91 Å². The summed E-state index contributed by atoms with van der Waals surface area (Å²) in [5.41, 5.74) is 0.894. The number of amides is 1. The summed E-state index contributed by atoms with van der Waals surface area (Å²) < 4.78 is 5.56. The van der Waals surface area contributed by atoms with Crippen LogP contribution in [0.1, 0.15) is 18.4 Å². The first-order valence-corrected chi connectivity index (χ1v) is 7.84. The highest BCUT2D eigenvalue weighted by molar-refractivity contribution is 6.30. The number of carbonyl (C=O) groups excluding carboxylic acids is 1. The molecular weight excluding hydrogens is 306 g/mol. The molecule has 122 valence electrons. The van der Waals surface area contributed by atoms with Crippen LogP contribution in [0.15, 0.2) is 18.2 Å². The minimum Gasteiger partial charge on any atom is -0.483 e. The summed E-state index contributed by atoms with van der Waals surface area (Å²) >= 11 is 5.88. The van der Waals surface area contributed by atoms with Gasteiger partial charge in [-0.2, -0.15) is 0 Å². The van der Waals surface area contributed by atoms with Gasteiger partial charge in [0, 0.05) is 18.1 Å². The highest BCUT2D eigenvalue weighted by atomic mass is 35.5. The molecule has 0 aliphatic carbocycles. The fourth-order valence-corrected chi connectivity index (χ4v) is 2.91. The third kappa shape index (κ3) is 4.35. The number of aliphatic hydroxyl groups is 2. The molecule has 2 rings (SSSR count). The Kier molecular flexibility index (Phi) is 6.06. The van der Waals surface area contributed by atoms with Gasteiger partial charge in [0.2, 0.25) is 0 Å². The number of ether oxygens (including phenoxy) is 1. The van der Waals surface area contributed by atoms with Gasteiger partial charge in [-0.05, 0) is 49.4 Å². The van der Waals surface area contributed by atoms with E-state index >= 15 is 0 Å². The Morgan fingerprint density at radius 2 is 2.14 bits per heavy atom. The molecule has 0 saturated carbocycles. The Labute approximate surface area is 135 Å². The molecule has 0 radical (unpaired) electrons. The van der Waals surface area contributed by atoms with Crippen molar-refractivity contribution in [1.29, 1.82) is 0 Å².